The van der Waals surface area contributed by atoms with Gasteiger partial charge in [0.25, 0.3) is 0 Å². The van der Waals surface area contributed by atoms with Crippen LogP contribution in [-0.4, -0.2) is 32.2 Å². The fourth-order valence-corrected chi connectivity index (χ4v) is 5.35. The molecular weight excluding hydrogens is 502 g/mol. The average Bonchev–Trinajstić information content (AvgIpc) is 3.60. The Hall–Kier alpha value is -4.27. The maximum Gasteiger partial charge on any atom is 0.247 e. The highest BCUT2D eigenvalue weighted by atomic mass is 16.5. The minimum atomic E-state index is 0.0337. The number of nitrogens with zero attached hydrogens (tertiary/aromatic N) is 4. The second-order valence-corrected chi connectivity index (χ2v) is 10.2. The first kappa shape index (κ1) is 26.0. The third-order valence-corrected chi connectivity index (χ3v) is 7.37. The van der Waals surface area contributed by atoms with Crippen molar-refractivity contribution in [2.24, 2.45) is 5.92 Å². The number of fused-ring (bicyclic) bond motifs is 1. The van der Waals surface area contributed by atoms with Gasteiger partial charge in [0.15, 0.2) is 11.2 Å². The van der Waals surface area contributed by atoms with E-state index in [9.17, 15) is 0 Å². The molecule has 8 heteroatoms. The smallest absolute Gasteiger partial charge is 0.247 e. The van der Waals surface area contributed by atoms with Gasteiger partial charge in [0.1, 0.15) is 6.61 Å². The molecule has 3 unspecified atom stereocenters. The van der Waals surface area contributed by atoms with Gasteiger partial charge in [-0.05, 0) is 29.5 Å². The summed E-state index contributed by atoms with van der Waals surface area (Å²) in [5.41, 5.74) is 10.8. The van der Waals surface area contributed by atoms with Crippen LogP contribution in [0.15, 0.2) is 97.3 Å². The van der Waals surface area contributed by atoms with Crippen LogP contribution in [0.3, 0.4) is 0 Å². The number of imidazole rings is 1. The number of nitrogen functional groups attached to an aromatic ring is 1. The van der Waals surface area contributed by atoms with E-state index in [2.05, 4.69) is 43.8 Å². The Balaban J connectivity index is 1.19. The Labute approximate surface area is 233 Å². The molecule has 2 aromatic heterocycles. The lowest BCUT2D eigenvalue weighted by Crippen LogP contribution is -2.22. The van der Waals surface area contributed by atoms with Crippen molar-refractivity contribution in [1.29, 1.82) is 0 Å². The van der Waals surface area contributed by atoms with E-state index in [0.29, 0.717) is 43.5 Å². The van der Waals surface area contributed by atoms with Crippen LogP contribution >= 0.6 is 0 Å². The van der Waals surface area contributed by atoms with E-state index < -0.39 is 0 Å². The van der Waals surface area contributed by atoms with Crippen molar-refractivity contribution in [2.75, 3.05) is 12.3 Å². The largest absolute Gasteiger partial charge is 0.471 e. The maximum atomic E-state index is 6.48. The van der Waals surface area contributed by atoms with Crippen molar-refractivity contribution in [3.63, 3.8) is 0 Å². The van der Waals surface area contributed by atoms with Crippen LogP contribution in [-0.2, 0) is 29.3 Å². The lowest BCUT2D eigenvalue weighted by atomic mass is 10.1. The predicted molar refractivity (Wildman–Crippen MR) is 153 cm³/mol. The van der Waals surface area contributed by atoms with Gasteiger partial charge in [0.05, 0.1) is 32.3 Å². The van der Waals surface area contributed by atoms with E-state index in [4.69, 9.17) is 19.9 Å². The Morgan fingerprint density at radius 1 is 0.750 bits per heavy atom. The van der Waals surface area contributed by atoms with Crippen molar-refractivity contribution in [3.8, 4) is 5.88 Å². The summed E-state index contributed by atoms with van der Waals surface area (Å²) in [4.78, 5) is 13.5. The van der Waals surface area contributed by atoms with E-state index in [0.717, 1.165) is 29.5 Å². The predicted octanol–water partition coefficient (Wildman–Crippen LogP) is 5.74. The molecule has 1 saturated carbocycles. The summed E-state index contributed by atoms with van der Waals surface area (Å²) in [7, 11) is 0. The van der Waals surface area contributed by atoms with E-state index >= 15 is 0 Å². The SMILES string of the molecule is Nc1nc(OCc2ccccc2)c2ncn(C3CC(COCc4ccccc4)C(OCc4ccccc4)C3)c2n1. The molecule has 0 amide bonds. The van der Waals surface area contributed by atoms with Crippen molar-refractivity contribution < 1.29 is 14.2 Å². The van der Waals surface area contributed by atoms with Crippen LogP contribution in [0.5, 0.6) is 5.88 Å². The summed E-state index contributed by atoms with van der Waals surface area (Å²) in [5.74, 6) is 0.778. The molecule has 2 N–H and O–H groups in total. The summed E-state index contributed by atoms with van der Waals surface area (Å²) < 4.78 is 20.8. The number of aromatic nitrogens is 4. The molecule has 204 valence electrons. The summed E-state index contributed by atoms with van der Waals surface area (Å²) in [5, 5.41) is 0. The molecule has 0 bridgehead atoms. The normalized spacial score (nSPS) is 18.8. The minimum Gasteiger partial charge on any atom is -0.471 e. The van der Waals surface area contributed by atoms with Crippen LogP contribution in [0.25, 0.3) is 11.2 Å². The Morgan fingerprint density at radius 3 is 2.05 bits per heavy atom. The highest BCUT2D eigenvalue weighted by molar-refractivity contribution is 5.77. The summed E-state index contributed by atoms with van der Waals surface area (Å²) in [6, 6.07) is 30.6. The molecule has 3 aromatic carbocycles. The fourth-order valence-electron chi connectivity index (χ4n) is 5.35. The molecule has 1 fully saturated rings. The van der Waals surface area contributed by atoms with E-state index in [1.807, 2.05) is 73.1 Å². The topological polar surface area (TPSA) is 97.3 Å². The van der Waals surface area contributed by atoms with Gasteiger partial charge < -0.3 is 24.5 Å². The second-order valence-electron chi connectivity index (χ2n) is 10.2. The Kier molecular flexibility index (Phi) is 7.97. The number of hydrogen-bond donors (Lipinski definition) is 1. The van der Waals surface area contributed by atoms with Gasteiger partial charge >= 0.3 is 0 Å². The lowest BCUT2D eigenvalue weighted by Gasteiger charge is -2.20. The maximum absolute atomic E-state index is 6.48. The zero-order valence-electron chi connectivity index (χ0n) is 22.3. The number of rotatable bonds is 11. The minimum absolute atomic E-state index is 0.0337. The molecule has 1 aliphatic rings. The summed E-state index contributed by atoms with van der Waals surface area (Å²) >= 11 is 0. The lowest BCUT2D eigenvalue weighted by molar-refractivity contribution is -0.0190. The number of anilines is 1. The first-order chi connectivity index (χ1) is 19.7. The highest BCUT2D eigenvalue weighted by Gasteiger charge is 2.37. The van der Waals surface area contributed by atoms with Crippen molar-refractivity contribution in [1.82, 2.24) is 19.5 Å². The molecule has 3 atom stereocenters. The first-order valence-corrected chi connectivity index (χ1v) is 13.7. The molecule has 0 saturated heterocycles. The quantitative estimate of drug-likeness (QED) is 0.230. The van der Waals surface area contributed by atoms with Gasteiger partial charge in [0.2, 0.25) is 11.8 Å². The Bertz CT molecular complexity index is 1510. The van der Waals surface area contributed by atoms with Crippen LogP contribution in [0.2, 0.25) is 0 Å². The summed E-state index contributed by atoms with van der Waals surface area (Å²) in [6.07, 6.45) is 3.55. The van der Waals surface area contributed by atoms with Crippen LogP contribution in [0, 0.1) is 5.92 Å². The number of benzene rings is 3. The molecular formula is C32H33N5O3. The van der Waals surface area contributed by atoms with Gasteiger partial charge in [-0.3, -0.25) is 0 Å². The molecule has 40 heavy (non-hydrogen) atoms. The third kappa shape index (κ3) is 6.14. The number of hydrogen-bond acceptors (Lipinski definition) is 7. The van der Waals surface area contributed by atoms with Crippen LogP contribution in [0.4, 0.5) is 5.95 Å². The van der Waals surface area contributed by atoms with Crippen LogP contribution in [0.1, 0.15) is 35.6 Å². The molecule has 1 aliphatic carbocycles. The highest BCUT2D eigenvalue weighted by Crippen LogP contribution is 2.39. The standard InChI is InChI=1S/C32H33N5O3/c33-32-35-30-29(31(36-32)40-20-25-14-8-3-9-15-25)34-22-37(30)27-16-26(21-38-18-23-10-4-1-5-11-23)28(17-27)39-19-24-12-6-2-7-13-24/h1-15,22,26-28H,16-21H2,(H2,33,35,36). The molecule has 0 spiro atoms. The van der Waals surface area contributed by atoms with Gasteiger partial charge in [-0.2, -0.15) is 9.97 Å². The average molecular weight is 536 g/mol. The van der Waals surface area contributed by atoms with Crippen molar-refractivity contribution in [3.05, 3.63) is 114 Å². The molecule has 2 heterocycles. The molecule has 0 radical (unpaired) electrons. The second kappa shape index (κ2) is 12.3. The molecule has 8 nitrogen and oxygen atoms in total. The van der Waals surface area contributed by atoms with Crippen molar-refractivity contribution >= 4 is 17.1 Å². The van der Waals surface area contributed by atoms with Crippen LogP contribution < -0.4 is 10.5 Å². The van der Waals surface area contributed by atoms with E-state index in [1.54, 1.807) is 0 Å². The van der Waals surface area contributed by atoms with E-state index in [1.165, 1.54) is 0 Å². The first-order valence-electron chi connectivity index (χ1n) is 13.7. The Morgan fingerprint density at radius 2 is 1.38 bits per heavy atom. The fraction of sp³-hybridized carbons (Fsp3) is 0.281. The third-order valence-electron chi connectivity index (χ3n) is 7.37. The number of ether oxygens (including phenoxy) is 3. The molecule has 6 rings (SSSR count). The van der Waals surface area contributed by atoms with Gasteiger partial charge in [-0.1, -0.05) is 91.0 Å². The van der Waals surface area contributed by atoms with Gasteiger partial charge in [-0.15, -0.1) is 0 Å². The zero-order chi connectivity index (χ0) is 27.1. The molecule has 0 aliphatic heterocycles. The summed E-state index contributed by atoms with van der Waals surface area (Å²) in [6.45, 7) is 2.12. The molecule has 5 aromatic rings. The van der Waals surface area contributed by atoms with Gasteiger partial charge in [-0.25, -0.2) is 4.98 Å². The van der Waals surface area contributed by atoms with Gasteiger partial charge in [0, 0.05) is 12.0 Å². The van der Waals surface area contributed by atoms with Crippen molar-refractivity contribution in [2.45, 2.75) is 44.8 Å². The zero-order valence-corrected chi connectivity index (χ0v) is 22.3. The van der Waals surface area contributed by atoms with E-state index in [-0.39, 0.29) is 24.0 Å². The monoisotopic (exact) mass is 535 g/mol. The number of nitrogens with two attached hydrogens (primary N) is 1.